The Kier molecular flexibility index (Phi) is 5.21. The second kappa shape index (κ2) is 6.44. The van der Waals surface area contributed by atoms with E-state index in [1.165, 1.54) is 0 Å². The summed E-state index contributed by atoms with van der Waals surface area (Å²) in [6.45, 7) is 3.12. The Balaban J connectivity index is 2.49. The smallest absolute Gasteiger partial charge is 0.228 e. The highest BCUT2D eigenvalue weighted by Gasteiger charge is 2.27. The van der Waals surface area contributed by atoms with Gasteiger partial charge in [-0.25, -0.2) is 0 Å². The van der Waals surface area contributed by atoms with Crippen molar-refractivity contribution in [1.82, 2.24) is 4.90 Å². The molecule has 1 aliphatic rings. The number of amides is 1. The van der Waals surface area contributed by atoms with Crippen molar-refractivity contribution in [2.24, 2.45) is 16.8 Å². The van der Waals surface area contributed by atoms with Crippen molar-refractivity contribution in [2.45, 2.75) is 32.2 Å². The summed E-state index contributed by atoms with van der Waals surface area (Å²) in [4.78, 5) is 13.8. The number of carbonyl (C=O) groups is 1. The first-order valence-electron chi connectivity index (χ1n) is 5.87. The summed E-state index contributed by atoms with van der Waals surface area (Å²) in [6.07, 6.45) is 2.17. The van der Waals surface area contributed by atoms with Crippen LogP contribution in [0.5, 0.6) is 0 Å². The number of ether oxygens (including phenoxy) is 1. The molecule has 0 radical (unpaired) electrons. The Morgan fingerprint density at radius 3 is 2.94 bits per heavy atom. The van der Waals surface area contributed by atoms with Gasteiger partial charge in [0.25, 0.3) is 0 Å². The van der Waals surface area contributed by atoms with E-state index in [1.54, 1.807) is 11.9 Å². The van der Waals surface area contributed by atoms with Gasteiger partial charge in [-0.1, -0.05) is 5.16 Å². The molecule has 0 saturated carbocycles. The monoisotopic (exact) mass is 243 g/mol. The topological polar surface area (TPSA) is 88.2 Å². The van der Waals surface area contributed by atoms with Crippen LogP contribution in [-0.4, -0.2) is 48.2 Å². The van der Waals surface area contributed by atoms with Crippen LogP contribution >= 0.6 is 0 Å². The second-order valence-electron chi connectivity index (χ2n) is 4.51. The third-order valence-electron chi connectivity index (χ3n) is 3.15. The second-order valence-corrected chi connectivity index (χ2v) is 4.51. The summed E-state index contributed by atoms with van der Waals surface area (Å²) in [6, 6.07) is -0.0830. The standard InChI is InChI=1S/C11H21N3O3/c1-8(6-10(12)13-16)14(2)11(15)9-4-3-5-17-7-9/h8-9,16H,3-7H2,1-2H3,(H2,12,13). The van der Waals surface area contributed by atoms with Gasteiger partial charge < -0.3 is 20.6 Å². The summed E-state index contributed by atoms with van der Waals surface area (Å²) in [5.74, 6) is 0.156. The summed E-state index contributed by atoms with van der Waals surface area (Å²) in [5.41, 5.74) is 5.43. The third-order valence-corrected chi connectivity index (χ3v) is 3.15. The average molecular weight is 243 g/mol. The Bertz CT molecular complexity index is 288. The predicted molar refractivity (Wildman–Crippen MR) is 63.8 cm³/mol. The Morgan fingerprint density at radius 1 is 1.71 bits per heavy atom. The van der Waals surface area contributed by atoms with E-state index in [1.807, 2.05) is 6.92 Å². The van der Waals surface area contributed by atoms with Crippen molar-refractivity contribution in [3.8, 4) is 0 Å². The Morgan fingerprint density at radius 2 is 2.41 bits per heavy atom. The first kappa shape index (κ1) is 13.8. The minimum atomic E-state index is -0.0830. The summed E-state index contributed by atoms with van der Waals surface area (Å²) >= 11 is 0. The van der Waals surface area contributed by atoms with Crippen LogP contribution < -0.4 is 5.73 Å². The maximum atomic E-state index is 12.1. The van der Waals surface area contributed by atoms with Crippen molar-refractivity contribution in [1.29, 1.82) is 0 Å². The number of rotatable bonds is 4. The van der Waals surface area contributed by atoms with Crippen LogP contribution in [0.25, 0.3) is 0 Å². The first-order chi connectivity index (χ1) is 8.06. The van der Waals surface area contributed by atoms with Gasteiger partial charge in [0.15, 0.2) is 0 Å². The maximum Gasteiger partial charge on any atom is 0.228 e. The zero-order valence-corrected chi connectivity index (χ0v) is 10.4. The summed E-state index contributed by atoms with van der Waals surface area (Å²) < 4.78 is 5.30. The zero-order valence-electron chi connectivity index (χ0n) is 10.4. The molecule has 1 aliphatic heterocycles. The molecule has 6 nitrogen and oxygen atoms in total. The van der Waals surface area contributed by atoms with Crippen molar-refractivity contribution < 1.29 is 14.7 Å². The molecule has 3 N–H and O–H groups in total. The molecule has 0 aromatic heterocycles. The van der Waals surface area contributed by atoms with Crippen molar-refractivity contribution >= 4 is 11.7 Å². The maximum absolute atomic E-state index is 12.1. The lowest BCUT2D eigenvalue weighted by Gasteiger charge is -2.30. The van der Waals surface area contributed by atoms with E-state index in [-0.39, 0.29) is 23.7 Å². The van der Waals surface area contributed by atoms with Crippen molar-refractivity contribution in [3.63, 3.8) is 0 Å². The SMILES string of the molecule is CC(CC(N)=NO)N(C)C(=O)C1CCCOC1. The number of nitrogens with zero attached hydrogens (tertiary/aromatic N) is 2. The van der Waals surface area contributed by atoms with Crippen LogP contribution in [0.4, 0.5) is 0 Å². The fourth-order valence-corrected chi connectivity index (χ4v) is 1.92. The third kappa shape index (κ3) is 3.89. The molecule has 98 valence electrons. The quantitative estimate of drug-likeness (QED) is 0.324. The molecule has 0 aromatic rings. The van der Waals surface area contributed by atoms with E-state index in [0.29, 0.717) is 13.0 Å². The predicted octanol–water partition coefficient (Wildman–Crippen LogP) is 0.396. The molecule has 2 unspecified atom stereocenters. The summed E-state index contributed by atoms with van der Waals surface area (Å²) in [7, 11) is 1.74. The minimum absolute atomic E-state index is 0.0523. The van der Waals surface area contributed by atoms with Gasteiger partial charge >= 0.3 is 0 Å². The molecule has 0 bridgehead atoms. The molecule has 1 fully saturated rings. The van der Waals surface area contributed by atoms with Gasteiger partial charge in [-0.05, 0) is 19.8 Å². The van der Waals surface area contributed by atoms with E-state index in [0.717, 1.165) is 19.4 Å². The molecule has 6 heteroatoms. The largest absolute Gasteiger partial charge is 0.409 e. The Hall–Kier alpha value is -1.30. The molecule has 1 amide bonds. The normalized spacial score (nSPS) is 23.2. The minimum Gasteiger partial charge on any atom is -0.409 e. The van der Waals surface area contributed by atoms with Crippen molar-refractivity contribution in [3.05, 3.63) is 0 Å². The number of hydrogen-bond acceptors (Lipinski definition) is 4. The van der Waals surface area contributed by atoms with Gasteiger partial charge in [0, 0.05) is 26.1 Å². The molecular formula is C11H21N3O3. The molecule has 1 rings (SSSR count). The molecule has 17 heavy (non-hydrogen) atoms. The average Bonchev–Trinajstić information content (AvgIpc) is 2.37. The molecule has 1 heterocycles. The molecule has 2 atom stereocenters. The van der Waals surface area contributed by atoms with Gasteiger partial charge in [0.1, 0.15) is 5.84 Å². The molecular weight excluding hydrogens is 222 g/mol. The fourth-order valence-electron chi connectivity index (χ4n) is 1.92. The van der Waals surface area contributed by atoms with Crippen LogP contribution in [0.1, 0.15) is 26.2 Å². The van der Waals surface area contributed by atoms with Gasteiger partial charge in [0.2, 0.25) is 5.91 Å². The van der Waals surface area contributed by atoms with Gasteiger partial charge in [-0.3, -0.25) is 4.79 Å². The number of nitrogens with two attached hydrogens (primary N) is 1. The Labute approximate surface area is 101 Å². The van der Waals surface area contributed by atoms with E-state index >= 15 is 0 Å². The first-order valence-corrected chi connectivity index (χ1v) is 5.87. The van der Waals surface area contributed by atoms with E-state index in [9.17, 15) is 4.79 Å². The van der Waals surface area contributed by atoms with Crippen LogP contribution in [0.3, 0.4) is 0 Å². The highest BCUT2D eigenvalue weighted by Crippen LogP contribution is 2.17. The van der Waals surface area contributed by atoms with Gasteiger partial charge in [-0.2, -0.15) is 0 Å². The van der Waals surface area contributed by atoms with Crippen LogP contribution in [0.15, 0.2) is 5.16 Å². The van der Waals surface area contributed by atoms with Gasteiger partial charge in [0.05, 0.1) is 12.5 Å². The summed E-state index contributed by atoms with van der Waals surface area (Å²) in [5, 5.41) is 11.4. The van der Waals surface area contributed by atoms with Crippen LogP contribution in [0.2, 0.25) is 0 Å². The lowest BCUT2D eigenvalue weighted by atomic mass is 10.00. The number of oxime groups is 1. The number of amidine groups is 1. The zero-order chi connectivity index (χ0) is 12.8. The molecule has 0 aromatic carbocycles. The van der Waals surface area contributed by atoms with Crippen molar-refractivity contribution in [2.75, 3.05) is 20.3 Å². The lowest BCUT2D eigenvalue weighted by Crippen LogP contribution is -2.43. The van der Waals surface area contributed by atoms with Crippen LogP contribution in [0, 0.1) is 5.92 Å². The van der Waals surface area contributed by atoms with Gasteiger partial charge in [-0.15, -0.1) is 0 Å². The fraction of sp³-hybridized carbons (Fsp3) is 0.818. The van der Waals surface area contributed by atoms with E-state index < -0.39 is 0 Å². The number of carbonyl (C=O) groups excluding carboxylic acids is 1. The molecule has 0 spiro atoms. The lowest BCUT2D eigenvalue weighted by molar-refractivity contribution is -0.140. The molecule has 1 saturated heterocycles. The highest BCUT2D eigenvalue weighted by molar-refractivity contribution is 5.82. The van der Waals surface area contributed by atoms with E-state index in [4.69, 9.17) is 15.7 Å². The van der Waals surface area contributed by atoms with Crippen LogP contribution in [-0.2, 0) is 9.53 Å². The highest BCUT2D eigenvalue weighted by atomic mass is 16.5. The molecule has 0 aliphatic carbocycles. The number of hydrogen-bond donors (Lipinski definition) is 2. The van der Waals surface area contributed by atoms with E-state index in [2.05, 4.69) is 5.16 Å².